The van der Waals surface area contributed by atoms with Crippen LogP contribution in [0.15, 0.2) is 52.9 Å². The average molecular weight is 509 g/mol. The highest BCUT2D eigenvalue weighted by atomic mass is 32.2. The molecule has 4 unspecified atom stereocenters. The summed E-state index contributed by atoms with van der Waals surface area (Å²) in [6.45, 7) is 10.8. The van der Waals surface area contributed by atoms with Gasteiger partial charge in [0.25, 0.3) is 10.1 Å². The standard InChI is InChI=1S/C30H36O5S/c1-6-21-15-20(3)28(27(16-21)35-36(31,32)24-10-7-19(2)8-11-24)23-17-22-9-12-26-25(29(22)33-18-23)13-14-30(4,5)34-26/h7-14,17,20-21,27-28H,6,15-16,18H2,1-5H3. The first-order valence-corrected chi connectivity index (χ1v) is 14.4. The number of hydrogen-bond donors (Lipinski definition) is 0. The number of ether oxygens (including phenoxy) is 2. The van der Waals surface area contributed by atoms with Crippen molar-refractivity contribution in [3.63, 3.8) is 0 Å². The molecule has 2 aromatic rings. The summed E-state index contributed by atoms with van der Waals surface area (Å²) in [7, 11) is -3.88. The molecular formula is C30H36O5S. The molecule has 0 radical (unpaired) electrons. The fraction of sp³-hybridized carbons (Fsp3) is 0.467. The predicted octanol–water partition coefficient (Wildman–Crippen LogP) is 6.80. The Labute approximate surface area is 215 Å². The summed E-state index contributed by atoms with van der Waals surface area (Å²) in [5, 5.41) is 0. The first-order valence-electron chi connectivity index (χ1n) is 12.9. The summed E-state index contributed by atoms with van der Waals surface area (Å²) < 4.78 is 45.0. The zero-order chi connectivity index (χ0) is 25.7. The molecule has 192 valence electrons. The van der Waals surface area contributed by atoms with E-state index in [0.717, 1.165) is 53.0 Å². The summed E-state index contributed by atoms with van der Waals surface area (Å²) in [4.78, 5) is 0.207. The Hall–Kier alpha value is -2.57. The van der Waals surface area contributed by atoms with E-state index in [1.54, 1.807) is 24.3 Å². The van der Waals surface area contributed by atoms with Gasteiger partial charge in [0.1, 0.15) is 23.7 Å². The van der Waals surface area contributed by atoms with E-state index in [1.807, 2.05) is 39.0 Å². The summed E-state index contributed by atoms with van der Waals surface area (Å²) in [5.74, 6) is 2.32. The van der Waals surface area contributed by atoms with Crippen molar-refractivity contribution in [3.8, 4) is 11.5 Å². The van der Waals surface area contributed by atoms with Crippen LogP contribution in [-0.4, -0.2) is 26.7 Å². The van der Waals surface area contributed by atoms with Crippen LogP contribution >= 0.6 is 0 Å². The van der Waals surface area contributed by atoms with E-state index in [2.05, 4.69) is 26.0 Å². The van der Waals surface area contributed by atoms with Gasteiger partial charge in [0.15, 0.2) is 0 Å². The van der Waals surface area contributed by atoms with Crippen molar-refractivity contribution in [1.29, 1.82) is 0 Å². The molecule has 2 aliphatic heterocycles. The van der Waals surface area contributed by atoms with Crippen LogP contribution in [0.3, 0.4) is 0 Å². The molecule has 1 saturated carbocycles. The summed E-state index contributed by atoms with van der Waals surface area (Å²) in [6, 6.07) is 10.9. The second-order valence-electron chi connectivity index (χ2n) is 11.1. The monoisotopic (exact) mass is 508 g/mol. The topological polar surface area (TPSA) is 61.8 Å². The maximum absolute atomic E-state index is 13.3. The fourth-order valence-corrected chi connectivity index (χ4v) is 6.99. The van der Waals surface area contributed by atoms with Gasteiger partial charge in [-0.15, -0.1) is 0 Å². The molecule has 4 atom stereocenters. The first kappa shape index (κ1) is 25.1. The molecule has 6 heteroatoms. The zero-order valence-electron chi connectivity index (χ0n) is 21.8. The van der Waals surface area contributed by atoms with Gasteiger partial charge in [0.2, 0.25) is 0 Å². The molecule has 0 spiro atoms. The molecule has 2 heterocycles. The number of benzene rings is 2. The molecule has 0 aromatic heterocycles. The zero-order valence-corrected chi connectivity index (χ0v) is 22.6. The van der Waals surface area contributed by atoms with Crippen LogP contribution in [-0.2, 0) is 14.3 Å². The van der Waals surface area contributed by atoms with E-state index in [4.69, 9.17) is 13.7 Å². The smallest absolute Gasteiger partial charge is 0.297 e. The Kier molecular flexibility index (Phi) is 6.54. The molecule has 0 bridgehead atoms. The van der Waals surface area contributed by atoms with Gasteiger partial charge < -0.3 is 9.47 Å². The molecule has 0 N–H and O–H groups in total. The second-order valence-corrected chi connectivity index (χ2v) is 12.7. The lowest BCUT2D eigenvalue weighted by Gasteiger charge is -2.42. The Morgan fingerprint density at radius 2 is 1.83 bits per heavy atom. The van der Waals surface area contributed by atoms with Crippen LogP contribution < -0.4 is 9.47 Å². The lowest BCUT2D eigenvalue weighted by atomic mass is 9.69. The van der Waals surface area contributed by atoms with Gasteiger partial charge in [-0.2, -0.15) is 8.42 Å². The Morgan fingerprint density at radius 1 is 1.08 bits per heavy atom. The van der Waals surface area contributed by atoms with Crippen LogP contribution in [0, 0.1) is 24.7 Å². The van der Waals surface area contributed by atoms with Crippen molar-refractivity contribution in [2.45, 2.75) is 70.5 Å². The highest BCUT2D eigenvalue weighted by molar-refractivity contribution is 7.86. The third-order valence-corrected chi connectivity index (χ3v) is 9.13. The van der Waals surface area contributed by atoms with Crippen LogP contribution in [0.1, 0.15) is 63.6 Å². The lowest BCUT2D eigenvalue weighted by molar-refractivity contribution is 0.0481. The highest BCUT2D eigenvalue weighted by Gasteiger charge is 2.41. The van der Waals surface area contributed by atoms with Crippen LogP contribution in [0.5, 0.6) is 11.5 Å². The molecular weight excluding hydrogens is 472 g/mol. The molecule has 1 fully saturated rings. The van der Waals surface area contributed by atoms with Crippen LogP contribution in [0.4, 0.5) is 0 Å². The Morgan fingerprint density at radius 3 is 2.56 bits per heavy atom. The fourth-order valence-electron chi connectivity index (χ4n) is 5.88. The van der Waals surface area contributed by atoms with Crippen molar-refractivity contribution in [1.82, 2.24) is 0 Å². The molecule has 3 aliphatic rings. The number of aryl methyl sites for hydroxylation is 1. The summed E-state index contributed by atoms with van der Waals surface area (Å²) in [6.07, 6.45) is 8.65. The highest BCUT2D eigenvalue weighted by Crippen LogP contribution is 2.46. The second kappa shape index (κ2) is 9.38. The molecule has 0 amide bonds. The van der Waals surface area contributed by atoms with E-state index in [1.165, 1.54) is 0 Å². The normalized spacial score (nSPS) is 26.8. The largest absolute Gasteiger partial charge is 0.488 e. The van der Waals surface area contributed by atoms with Crippen molar-refractivity contribution in [3.05, 3.63) is 64.7 Å². The minimum absolute atomic E-state index is 0.0390. The maximum atomic E-state index is 13.3. The summed E-state index contributed by atoms with van der Waals surface area (Å²) in [5.41, 5.74) is 3.71. The van der Waals surface area contributed by atoms with Crippen molar-refractivity contribution in [2.75, 3.05) is 6.61 Å². The summed E-state index contributed by atoms with van der Waals surface area (Å²) >= 11 is 0. The average Bonchev–Trinajstić information content (AvgIpc) is 2.82. The van der Waals surface area contributed by atoms with Gasteiger partial charge in [-0.3, -0.25) is 4.18 Å². The van der Waals surface area contributed by atoms with E-state index >= 15 is 0 Å². The predicted molar refractivity (Wildman–Crippen MR) is 143 cm³/mol. The van der Waals surface area contributed by atoms with Gasteiger partial charge in [-0.25, -0.2) is 0 Å². The maximum Gasteiger partial charge on any atom is 0.297 e. The quantitative estimate of drug-likeness (QED) is 0.416. The number of rotatable bonds is 5. The minimum Gasteiger partial charge on any atom is -0.488 e. The van der Waals surface area contributed by atoms with E-state index in [0.29, 0.717) is 12.5 Å². The van der Waals surface area contributed by atoms with Crippen molar-refractivity contribution < 1.29 is 22.1 Å². The van der Waals surface area contributed by atoms with E-state index in [9.17, 15) is 8.42 Å². The molecule has 5 rings (SSSR count). The molecule has 1 aliphatic carbocycles. The third kappa shape index (κ3) is 4.85. The molecule has 36 heavy (non-hydrogen) atoms. The third-order valence-electron chi connectivity index (χ3n) is 7.78. The van der Waals surface area contributed by atoms with Gasteiger partial charge in [-0.05, 0) is 93.5 Å². The number of fused-ring (bicyclic) bond motifs is 3. The van der Waals surface area contributed by atoms with Gasteiger partial charge in [0.05, 0.1) is 16.6 Å². The van der Waals surface area contributed by atoms with Crippen molar-refractivity contribution in [2.24, 2.45) is 17.8 Å². The van der Waals surface area contributed by atoms with Gasteiger partial charge >= 0.3 is 0 Å². The van der Waals surface area contributed by atoms with Gasteiger partial charge in [0, 0.05) is 11.5 Å². The van der Waals surface area contributed by atoms with Crippen LogP contribution in [0.25, 0.3) is 12.2 Å². The molecule has 0 saturated heterocycles. The van der Waals surface area contributed by atoms with E-state index < -0.39 is 16.2 Å². The Bertz CT molecular complexity index is 1300. The van der Waals surface area contributed by atoms with E-state index in [-0.39, 0.29) is 22.3 Å². The first-order chi connectivity index (χ1) is 17.1. The van der Waals surface area contributed by atoms with Gasteiger partial charge in [-0.1, -0.05) is 38.0 Å². The lowest BCUT2D eigenvalue weighted by Crippen LogP contribution is -2.41. The van der Waals surface area contributed by atoms with Crippen LogP contribution in [0.2, 0.25) is 0 Å². The minimum atomic E-state index is -3.88. The molecule has 2 aromatic carbocycles. The SMILES string of the molecule is CCC1CC(C)C(C2=Cc3ccc4c(c3OC2)C=CC(C)(C)O4)C(OS(=O)(=O)c2ccc(C)cc2)C1. The number of hydrogen-bond acceptors (Lipinski definition) is 5. The molecule has 5 nitrogen and oxygen atoms in total. The van der Waals surface area contributed by atoms with Crippen molar-refractivity contribution >= 4 is 22.3 Å². The Balaban J connectivity index is 1.47.